The predicted molar refractivity (Wildman–Crippen MR) is 88.8 cm³/mol. The van der Waals surface area contributed by atoms with E-state index in [0.717, 1.165) is 5.69 Å². The molecule has 0 atom stereocenters. The highest BCUT2D eigenvalue weighted by molar-refractivity contribution is 6.30. The molecular formula is C16H19ClN4O2. The zero-order valence-electron chi connectivity index (χ0n) is 13.3. The molecule has 0 aliphatic carbocycles. The molecule has 0 saturated carbocycles. The molecule has 23 heavy (non-hydrogen) atoms. The molecule has 1 aromatic heterocycles. The van der Waals surface area contributed by atoms with Gasteiger partial charge in [0.15, 0.2) is 0 Å². The van der Waals surface area contributed by atoms with E-state index in [-0.39, 0.29) is 11.8 Å². The quantitative estimate of drug-likeness (QED) is 0.819. The van der Waals surface area contributed by atoms with Crippen molar-refractivity contribution in [3.63, 3.8) is 0 Å². The second-order valence-corrected chi connectivity index (χ2v) is 5.62. The Hall–Kier alpha value is -2.34. The average Bonchev–Trinajstić information content (AvgIpc) is 2.77. The number of aromatic nitrogens is 2. The fourth-order valence-electron chi connectivity index (χ4n) is 2.25. The third-order valence-electron chi connectivity index (χ3n) is 3.54. The molecule has 2 rings (SSSR count). The summed E-state index contributed by atoms with van der Waals surface area (Å²) < 4.78 is 1.67. The molecule has 2 N–H and O–H groups in total. The number of amides is 2. The van der Waals surface area contributed by atoms with Crippen molar-refractivity contribution in [1.82, 2.24) is 20.4 Å². The molecule has 1 heterocycles. The number of hydrogen-bond acceptors (Lipinski definition) is 3. The Morgan fingerprint density at radius 2 is 1.65 bits per heavy atom. The maximum Gasteiger partial charge on any atom is 0.255 e. The first-order valence-electron chi connectivity index (χ1n) is 7.22. The molecule has 0 bridgehead atoms. The molecule has 2 aromatic rings. The lowest BCUT2D eigenvalue weighted by atomic mass is 10.2. The van der Waals surface area contributed by atoms with Gasteiger partial charge in [-0.05, 0) is 38.1 Å². The van der Waals surface area contributed by atoms with Gasteiger partial charge in [-0.3, -0.25) is 14.3 Å². The summed E-state index contributed by atoms with van der Waals surface area (Å²) in [5, 5.41) is 10.3. The maximum absolute atomic E-state index is 12.2. The summed E-state index contributed by atoms with van der Waals surface area (Å²) in [6.07, 6.45) is 0. The van der Waals surface area contributed by atoms with Crippen LogP contribution in [0.15, 0.2) is 24.3 Å². The number of rotatable bonds is 5. The Morgan fingerprint density at radius 3 is 2.17 bits per heavy atom. The molecule has 0 saturated heterocycles. The molecule has 1 aromatic carbocycles. The van der Waals surface area contributed by atoms with Crippen molar-refractivity contribution in [3.8, 4) is 0 Å². The van der Waals surface area contributed by atoms with Crippen LogP contribution in [0.25, 0.3) is 0 Å². The van der Waals surface area contributed by atoms with E-state index in [1.165, 1.54) is 0 Å². The fourth-order valence-corrected chi connectivity index (χ4v) is 2.37. The van der Waals surface area contributed by atoms with E-state index < -0.39 is 0 Å². The first-order valence-corrected chi connectivity index (χ1v) is 7.60. The van der Waals surface area contributed by atoms with Crippen LogP contribution in [-0.4, -0.2) is 34.7 Å². The second kappa shape index (κ2) is 7.28. The summed E-state index contributed by atoms with van der Waals surface area (Å²) in [5.41, 5.74) is 2.61. The first kappa shape index (κ1) is 17.0. The normalized spacial score (nSPS) is 10.4. The topological polar surface area (TPSA) is 76.0 Å². The van der Waals surface area contributed by atoms with E-state index >= 15 is 0 Å². The van der Waals surface area contributed by atoms with Gasteiger partial charge in [0.1, 0.15) is 0 Å². The van der Waals surface area contributed by atoms with Crippen LogP contribution in [-0.2, 0) is 7.05 Å². The Morgan fingerprint density at radius 1 is 1.09 bits per heavy atom. The Balaban J connectivity index is 1.82. The van der Waals surface area contributed by atoms with Crippen LogP contribution in [0.3, 0.4) is 0 Å². The highest BCUT2D eigenvalue weighted by atomic mass is 35.5. The maximum atomic E-state index is 12.2. The average molecular weight is 335 g/mol. The summed E-state index contributed by atoms with van der Waals surface area (Å²) in [7, 11) is 1.80. The SMILES string of the molecule is Cc1nn(C)c(C)c1C(=O)NCCNC(=O)c1ccc(Cl)cc1. The van der Waals surface area contributed by atoms with Gasteiger partial charge in [-0.1, -0.05) is 11.6 Å². The van der Waals surface area contributed by atoms with Crippen molar-refractivity contribution >= 4 is 23.4 Å². The van der Waals surface area contributed by atoms with Crippen LogP contribution < -0.4 is 10.6 Å². The molecular weight excluding hydrogens is 316 g/mol. The van der Waals surface area contributed by atoms with E-state index in [1.807, 2.05) is 6.92 Å². The van der Waals surface area contributed by atoms with Crippen molar-refractivity contribution < 1.29 is 9.59 Å². The van der Waals surface area contributed by atoms with E-state index in [2.05, 4.69) is 15.7 Å². The standard InChI is InChI=1S/C16H19ClN4O2/c1-10-14(11(2)21(3)20-10)16(23)19-9-8-18-15(22)12-4-6-13(17)7-5-12/h4-7H,8-9H2,1-3H3,(H,18,22)(H,19,23). The van der Waals surface area contributed by atoms with Crippen molar-refractivity contribution in [3.05, 3.63) is 51.8 Å². The Kier molecular flexibility index (Phi) is 5.39. The van der Waals surface area contributed by atoms with Crippen LogP contribution in [0.2, 0.25) is 5.02 Å². The van der Waals surface area contributed by atoms with Crippen LogP contribution in [0, 0.1) is 13.8 Å². The third kappa shape index (κ3) is 4.10. The minimum Gasteiger partial charge on any atom is -0.350 e. The monoisotopic (exact) mass is 334 g/mol. The summed E-state index contributed by atoms with van der Waals surface area (Å²) in [5.74, 6) is -0.390. The van der Waals surface area contributed by atoms with Gasteiger partial charge in [0, 0.05) is 36.4 Å². The molecule has 122 valence electrons. The molecule has 6 nitrogen and oxygen atoms in total. The third-order valence-corrected chi connectivity index (χ3v) is 3.79. The molecule has 0 fully saturated rings. The van der Waals surface area contributed by atoms with Gasteiger partial charge in [0.25, 0.3) is 11.8 Å². The number of nitrogens with one attached hydrogen (secondary N) is 2. The lowest BCUT2D eigenvalue weighted by Gasteiger charge is -2.07. The summed E-state index contributed by atoms with van der Waals surface area (Å²) >= 11 is 5.78. The molecule has 0 aliphatic heterocycles. The summed E-state index contributed by atoms with van der Waals surface area (Å²) in [4.78, 5) is 24.1. The number of hydrogen-bond donors (Lipinski definition) is 2. The van der Waals surface area contributed by atoms with Gasteiger partial charge in [-0.2, -0.15) is 5.10 Å². The van der Waals surface area contributed by atoms with Crippen LogP contribution in [0.1, 0.15) is 32.1 Å². The number of carbonyl (C=O) groups excluding carboxylic acids is 2. The van der Waals surface area contributed by atoms with E-state index in [0.29, 0.717) is 34.9 Å². The Labute approximate surface area is 139 Å². The summed E-state index contributed by atoms with van der Waals surface area (Å²) in [6.45, 7) is 4.32. The van der Waals surface area contributed by atoms with Crippen LogP contribution in [0.5, 0.6) is 0 Å². The molecule has 0 spiro atoms. The highest BCUT2D eigenvalue weighted by Gasteiger charge is 2.16. The van der Waals surface area contributed by atoms with E-state index in [9.17, 15) is 9.59 Å². The summed E-state index contributed by atoms with van der Waals surface area (Å²) in [6, 6.07) is 6.62. The number of benzene rings is 1. The van der Waals surface area contributed by atoms with Gasteiger partial charge in [-0.15, -0.1) is 0 Å². The number of aryl methyl sites for hydroxylation is 2. The van der Waals surface area contributed by atoms with Gasteiger partial charge < -0.3 is 10.6 Å². The van der Waals surface area contributed by atoms with Crippen LogP contribution >= 0.6 is 11.6 Å². The van der Waals surface area contributed by atoms with Crippen molar-refractivity contribution in [2.24, 2.45) is 7.05 Å². The van der Waals surface area contributed by atoms with Crippen molar-refractivity contribution in [1.29, 1.82) is 0 Å². The molecule has 0 unspecified atom stereocenters. The predicted octanol–water partition coefficient (Wildman–Crippen LogP) is 1.85. The number of carbonyl (C=O) groups is 2. The molecule has 7 heteroatoms. The zero-order valence-corrected chi connectivity index (χ0v) is 14.1. The minimum atomic E-state index is -0.204. The van der Waals surface area contributed by atoms with Crippen LogP contribution in [0.4, 0.5) is 0 Å². The van der Waals surface area contributed by atoms with Gasteiger partial charge in [0.05, 0.1) is 11.3 Å². The number of halogens is 1. The van der Waals surface area contributed by atoms with E-state index in [4.69, 9.17) is 11.6 Å². The largest absolute Gasteiger partial charge is 0.350 e. The smallest absolute Gasteiger partial charge is 0.255 e. The molecule has 0 radical (unpaired) electrons. The second-order valence-electron chi connectivity index (χ2n) is 5.19. The minimum absolute atomic E-state index is 0.186. The Bertz CT molecular complexity index is 722. The highest BCUT2D eigenvalue weighted by Crippen LogP contribution is 2.11. The first-order chi connectivity index (χ1) is 10.9. The lowest BCUT2D eigenvalue weighted by Crippen LogP contribution is -2.35. The number of nitrogens with zero attached hydrogens (tertiary/aromatic N) is 2. The van der Waals surface area contributed by atoms with Gasteiger partial charge in [0.2, 0.25) is 0 Å². The fraction of sp³-hybridized carbons (Fsp3) is 0.312. The van der Waals surface area contributed by atoms with Gasteiger partial charge >= 0.3 is 0 Å². The van der Waals surface area contributed by atoms with Crippen molar-refractivity contribution in [2.45, 2.75) is 13.8 Å². The molecule has 2 amide bonds. The van der Waals surface area contributed by atoms with Crippen molar-refractivity contribution in [2.75, 3.05) is 13.1 Å². The van der Waals surface area contributed by atoms with E-state index in [1.54, 1.807) is 42.9 Å². The molecule has 0 aliphatic rings. The zero-order chi connectivity index (χ0) is 17.0. The van der Waals surface area contributed by atoms with Gasteiger partial charge in [-0.25, -0.2) is 0 Å². The lowest BCUT2D eigenvalue weighted by molar-refractivity contribution is 0.0927.